The number of benzene rings is 1. The number of anilines is 1. The molecule has 4 rings (SSSR count). The molecule has 11 heteroatoms. The van der Waals surface area contributed by atoms with Crippen LogP contribution in [-0.2, 0) is 6.42 Å². The molecule has 1 fully saturated rings. The van der Waals surface area contributed by atoms with Crippen molar-refractivity contribution in [3.05, 3.63) is 34.3 Å². The molecule has 2 aliphatic heterocycles. The molecule has 4 N–H and O–H groups in total. The minimum absolute atomic E-state index is 0.108. The summed E-state index contributed by atoms with van der Waals surface area (Å²) in [4.78, 5) is 29.5. The van der Waals surface area contributed by atoms with Crippen molar-refractivity contribution in [2.24, 2.45) is 0 Å². The van der Waals surface area contributed by atoms with E-state index in [9.17, 15) is 19.7 Å². The van der Waals surface area contributed by atoms with E-state index < -0.39 is 13.1 Å². The maximum absolute atomic E-state index is 12.3. The molecule has 1 amide bonds. The van der Waals surface area contributed by atoms with E-state index in [2.05, 4.69) is 4.98 Å². The Morgan fingerprint density at radius 1 is 1.41 bits per heavy atom. The quantitative estimate of drug-likeness (QED) is 0.652. The number of carbonyl (C=O) groups is 2. The van der Waals surface area contributed by atoms with Crippen LogP contribution in [0.4, 0.5) is 5.13 Å². The Morgan fingerprint density at radius 3 is 2.85 bits per heavy atom. The number of nitrogen functional groups attached to an aromatic ring is 1. The standard InChI is InChI=1S/C16H16BN3O6S/c18-16-19-10(7-27-16)14(21)20-5-9(6-20)25-11-2-1-8-3-4-17(24)26-13(8)12(11)15(22)23/h1-2,7,9,24H,3-6H2,(H2,18,19)(H,22,23). The van der Waals surface area contributed by atoms with Gasteiger partial charge in [0.15, 0.2) is 5.13 Å². The molecule has 2 aliphatic rings. The first kappa shape index (κ1) is 17.6. The lowest BCUT2D eigenvalue weighted by Crippen LogP contribution is -2.56. The highest BCUT2D eigenvalue weighted by atomic mass is 32.1. The van der Waals surface area contributed by atoms with Crippen LogP contribution in [0.3, 0.4) is 0 Å². The average molecular weight is 389 g/mol. The highest BCUT2D eigenvalue weighted by Crippen LogP contribution is 2.37. The van der Waals surface area contributed by atoms with Gasteiger partial charge in [0.25, 0.3) is 5.91 Å². The smallest absolute Gasteiger partial charge is 0.522 e. The SMILES string of the molecule is Nc1nc(C(=O)N2CC(Oc3ccc4c(c3C(=O)O)OB(O)CC4)C2)cs1. The summed E-state index contributed by atoms with van der Waals surface area (Å²) in [7, 11) is -1.03. The number of hydrogen-bond acceptors (Lipinski definition) is 8. The number of amides is 1. The number of rotatable bonds is 4. The Kier molecular flexibility index (Phi) is 4.40. The fourth-order valence-corrected chi connectivity index (χ4v) is 3.66. The molecular formula is C16H16BN3O6S. The number of carboxylic acids is 1. The maximum atomic E-state index is 12.3. The molecule has 27 heavy (non-hydrogen) atoms. The first-order chi connectivity index (χ1) is 12.9. The Morgan fingerprint density at radius 2 is 2.19 bits per heavy atom. The molecule has 1 aromatic heterocycles. The first-order valence-electron chi connectivity index (χ1n) is 8.33. The van der Waals surface area contributed by atoms with Gasteiger partial charge in [0.1, 0.15) is 28.9 Å². The van der Waals surface area contributed by atoms with Gasteiger partial charge < -0.3 is 30.2 Å². The van der Waals surface area contributed by atoms with E-state index in [1.54, 1.807) is 22.4 Å². The molecule has 0 spiro atoms. The molecule has 0 radical (unpaired) electrons. The van der Waals surface area contributed by atoms with Crippen molar-refractivity contribution < 1.29 is 29.1 Å². The third-order valence-corrected chi connectivity index (χ3v) is 5.17. The second-order valence-corrected chi connectivity index (χ2v) is 7.25. The Balaban J connectivity index is 1.47. The highest BCUT2D eigenvalue weighted by Gasteiger charge is 2.36. The van der Waals surface area contributed by atoms with Crippen LogP contribution in [0, 0.1) is 0 Å². The van der Waals surface area contributed by atoms with Gasteiger partial charge in [0.2, 0.25) is 0 Å². The van der Waals surface area contributed by atoms with Crippen LogP contribution in [0.1, 0.15) is 26.4 Å². The third-order valence-electron chi connectivity index (χ3n) is 4.50. The number of nitrogens with zero attached hydrogens (tertiary/aromatic N) is 2. The second kappa shape index (κ2) is 6.74. The van der Waals surface area contributed by atoms with Gasteiger partial charge in [-0.15, -0.1) is 11.3 Å². The molecule has 140 valence electrons. The summed E-state index contributed by atoms with van der Waals surface area (Å²) >= 11 is 1.19. The summed E-state index contributed by atoms with van der Waals surface area (Å²) in [6.45, 7) is 0.631. The monoisotopic (exact) mass is 389 g/mol. The van der Waals surface area contributed by atoms with Crippen LogP contribution in [-0.4, -0.2) is 58.2 Å². The molecule has 3 heterocycles. The van der Waals surface area contributed by atoms with E-state index in [0.29, 0.717) is 36.7 Å². The molecule has 2 aromatic rings. The normalized spacial score (nSPS) is 16.3. The van der Waals surface area contributed by atoms with Gasteiger partial charge in [-0.05, 0) is 24.4 Å². The topological polar surface area (TPSA) is 135 Å². The van der Waals surface area contributed by atoms with Gasteiger partial charge in [-0.1, -0.05) is 6.07 Å². The van der Waals surface area contributed by atoms with E-state index in [-0.39, 0.29) is 29.1 Å². The molecule has 1 aromatic carbocycles. The molecule has 0 aliphatic carbocycles. The number of hydrogen-bond donors (Lipinski definition) is 3. The summed E-state index contributed by atoms with van der Waals surface area (Å²) in [6, 6.07) is 3.33. The van der Waals surface area contributed by atoms with Crippen LogP contribution < -0.4 is 15.1 Å². The number of aromatic nitrogens is 1. The van der Waals surface area contributed by atoms with E-state index >= 15 is 0 Å². The molecule has 0 saturated carbocycles. The van der Waals surface area contributed by atoms with Crippen molar-refractivity contribution in [2.45, 2.75) is 18.8 Å². The van der Waals surface area contributed by atoms with Crippen LogP contribution in [0.5, 0.6) is 11.5 Å². The second-order valence-electron chi connectivity index (χ2n) is 6.36. The lowest BCUT2D eigenvalue weighted by atomic mass is 9.78. The van der Waals surface area contributed by atoms with Gasteiger partial charge in [0, 0.05) is 5.38 Å². The van der Waals surface area contributed by atoms with Gasteiger partial charge in [-0.3, -0.25) is 4.79 Å². The summed E-state index contributed by atoms with van der Waals surface area (Å²) in [5.74, 6) is -1.13. The number of likely N-dealkylation sites (tertiary alicyclic amines) is 1. The zero-order valence-corrected chi connectivity index (χ0v) is 14.9. The highest BCUT2D eigenvalue weighted by molar-refractivity contribution is 7.13. The molecule has 9 nitrogen and oxygen atoms in total. The fourth-order valence-electron chi connectivity index (χ4n) is 3.12. The minimum Gasteiger partial charge on any atom is -0.535 e. The summed E-state index contributed by atoms with van der Waals surface area (Å²) in [5, 5.41) is 21.2. The van der Waals surface area contributed by atoms with E-state index in [1.165, 1.54) is 11.3 Å². The number of carbonyl (C=O) groups excluding carboxylic acids is 1. The minimum atomic E-state index is -1.19. The lowest BCUT2D eigenvalue weighted by Gasteiger charge is -2.39. The molecule has 0 bridgehead atoms. The molecule has 1 saturated heterocycles. The number of aryl methyl sites for hydroxylation is 1. The number of nitrogens with two attached hydrogens (primary N) is 1. The Bertz CT molecular complexity index is 914. The van der Waals surface area contributed by atoms with Crippen LogP contribution in [0.25, 0.3) is 0 Å². The molecule has 0 atom stereocenters. The summed E-state index contributed by atoms with van der Waals surface area (Å²) in [5.41, 5.74) is 6.44. The van der Waals surface area contributed by atoms with Crippen LogP contribution in [0.2, 0.25) is 6.32 Å². The van der Waals surface area contributed by atoms with Gasteiger partial charge in [0.05, 0.1) is 13.1 Å². The van der Waals surface area contributed by atoms with E-state index in [1.807, 2.05) is 0 Å². The third kappa shape index (κ3) is 3.31. The number of thiazole rings is 1. The average Bonchev–Trinajstić information content (AvgIpc) is 3.02. The summed E-state index contributed by atoms with van der Waals surface area (Å²) < 4.78 is 11.1. The van der Waals surface area contributed by atoms with Crippen molar-refractivity contribution in [3.8, 4) is 11.5 Å². The Labute approximate surface area is 158 Å². The maximum Gasteiger partial charge on any atom is 0.522 e. The van der Waals surface area contributed by atoms with Crippen LogP contribution >= 0.6 is 11.3 Å². The number of carboxylic acid groups (broad SMARTS) is 1. The molecular weight excluding hydrogens is 373 g/mol. The fraction of sp³-hybridized carbons (Fsp3) is 0.312. The number of aromatic carboxylic acids is 1. The van der Waals surface area contributed by atoms with E-state index in [0.717, 1.165) is 5.56 Å². The Hall–Kier alpha value is -2.79. The van der Waals surface area contributed by atoms with Crippen molar-refractivity contribution in [3.63, 3.8) is 0 Å². The van der Waals surface area contributed by atoms with Crippen molar-refractivity contribution in [1.82, 2.24) is 9.88 Å². The first-order valence-corrected chi connectivity index (χ1v) is 9.21. The van der Waals surface area contributed by atoms with Gasteiger partial charge >= 0.3 is 13.1 Å². The van der Waals surface area contributed by atoms with Gasteiger partial charge in [-0.25, -0.2) is 9.78 Å². The predicted octanol–water partition coefficient (Wildman–Crippen LogP) is 0.742. The zero-order chi connectivity index (χ0) is 19.1. The lowest BCUT2D eigenvalue weighted by molar-refractivity contribution is 0.0165. The van der Waals surface area contributed by atoms with Gasteiger partial charge in [-0.2, -0.15) is 0 Å². The van der Waals surface area contributed by atoms with Crippen molar-refractivity contribution in [1.29, 1.82) is 0 Å². The molecule has 0 unspecified atom stereocenters. The summed E-state index contributed by atoms with van der Waals surface area (Å²) in [6.07, 6.45) is 0.599. The number of ether oxygens (including phenoxy) is 1. The predicted molar refractivity (Wildman–Crippen MR) is 97.4 cm³/mol. The van der Waals surface area contributed by atoms with Crippen LogP contribution in [0.15, 0.2) is 17.5 Å². The zero-order valence-electron chi connectivity index (χ0n) is 14.1. The van der Waals surface area contributed by atoms with Crippen molar-refractivity contribution in [2.75, 3.05) is 18.8 Å². The number of fused-ring (bicyclic) bond motifs is 1. The largest absolute Gasteiger partial charge is 0.535 e. The van der Waals surface area contributed by atoms with E-state index in [4.69, 9.17) is 15.1 Å². The van der Waals surface area contributed by atoms with Crippen molar-refractivity contribution >= 4 is 35.5 Å².